The Kier molecular flexibility index (Phi) is 3.92. The van der Waals surface area contributed by atoms with Crippen LogP contribution in [0.1, 0.15) is 31.0 Å². The van der Waals surface area contributed by atoms with Gasteiger partial charge in [-0.1, -0.05) is 25.4 Å². The minimum absolute atomic E-state index is 0.433. The number of benzene rings is 1. The third-order valence-electron chi connectivity index (χ3n) is 2.86. The van der Waals surface area contributed by atoms with Gasteiger partial charge in [-0.05, 0) is 29.7 Å². The lowest BCUT2D eigenvalue weighted by atomic mass is 10.0. The maximum absolute atomic E-state index is 6.09. The Morgan fingerprint density at radius 1 is 1.33 bits per heavy atom. The van der Waals surface area contributed by atoms with E-state index in [1.807, 2.05) is 29.8 Å². The van der Waals surface area contributed by atoms with E-state index < -0.39 is 0 Å². The lowest BCUT2D eigenvalue weighted by Gasteiger charge is -2.11. The molecular formula is C14H17ClN2O. The van der Waals surface area contributed by atoms with E-state index in [9.17, 15) is 0 Å². The molecule has 0 radical (unpaired) electrons. The average molecular weight is 265 g/mol. The van der Waals surface area contributed by atoms with Crippen LogP contribution >= 0.6 is 11.6 Å². The number of aryl methyl sites for hydroxylation is 1. The number of halogens is 1. The molecule has 0 aliphatic carbocycles. The Bertz CT molecular complexity index is 534. The molecule has 0 N–H and O–H groups in total. The van der Waals surface area contributed by atoms with Crippen LogP contribution in [-0.4, -0.2) is 9.55 Å². The fraction of sp³-hybridized carbons (Fsp3) is 0.357. The zero-order valence-corrected chi connectivity index (χ0v) is 11.6. The van der Waals surface area contributed by atoms with Crippen molar-refractivity contribution in [1.29, 1.82) is 0 Å². The molecule has 1 aromatic heterocycles. The van der Waals surface area contributed by atoms with Crippen LogP contribution in [0.15, 0.2) is 30.7 Å². The lowest BCUT2D eigenvalue weighted by Crippen LogP contribution is -2.01. The van der Waals surface area contributed by atoms with E-state index in [-0.39, 0.29) is 0 Å². The Hall–Kier alpha value is -1.48. The zero-order valence-electron chi connectivity index (χ0n) is 10.9. The molecule has 0 aliphatic heterocycles. The van der Waals surface area contributed by atoms with Crippen molar-refractivity contribution < 1.29 is 4.74 Å². The van der Waals surface area contributed by atoms with Crippen LogP contribution in [0.2, 0.25) is 5.02 Å². The van der Waals surface area contributed by atoms with E-state index in [1.54, 1.807) is 12.5 Å². The summed E-state index contributed by atoms with van der Waals surface area (Å²) in [5.74, 6) is 1.23. The first kappa shape index (κ1) is 13.0. The summed E-state index contributed by atoms with van der Waals surface area (Å²) in [6, 6.07) is 5.85. The fourth-order valence-electron chi connectivity index (χ4n) is 1.68. The van der Waals surface area contributed by atoms with E-state index >= 15 is 0 Å². The molecule has 0 spiro atoms. The van der Waals surface area contributed by atoms with E-state index in [2.05, 4.69) is 18.8 Å². The predicted molar refractivity (Wildman–Crippen MR) is 73.1 cm³/mol. The van der Waals surface area contributed by atoms with Gasteiger partial charge in [0.1, 0.15) is 12.4 Å². The molecule has 2 aromatic rings. The van der Waals surface area contributed by atoms with Gasteiger partial charge in [0.25, 0.3) is 0 Å². The van der Waals surface area contributed by atoms with Crippen LogP contribution in [-0.2, 0) is 13.7 Å². The van der Waals surface area contributed by atoms with Crippen LogP contribution in [0.5, 0.6) is 5.75 Å². The highest BCUT2D eigenvalue weighted by atomic mass is 35.5. The number of hydrogen-bond acceptors (Lipinski definition) is 2. The third kappa shape index (κ3) is 3.05. The molecule has 4 heteroatoms. The van der Waals surface area contributed by atoms with Crippen molar-refractivity contribution in [1.82, 2.24) is 9.55 Å². The Morgan fingerprint density at radius 3 is 2.72 bits per heavy atom. The number of nitrogens with zero attached hydrogens (tertiary/aromatic N) is 2. The highest BCUT2D eigenvalue weighted by Crippen LogP contribution is 2.26. The maximum atomic E-state index is 6.09. The largest absolute Gasteiger partial charge is 0.487 e. The van der Waals surface area contributed by atoms with E-state index in [0.29, 0.717) is 17.5 Å². The average Bonchev–Trinajstić information content (AvgIpc) is 2.71. The molecule has 1 aromatic carbocycles. The molecule has 18 heavy (non-hydrogen) atoms. The molecule has 0 bridgehead atoms. The summed E-state index contributed by atoms with van der Waals surface area (Å²) in [6.07, 6.45) is 3.56. The van der Waals surface area contributed by atoms with Crippen LogP contribution in [0.25, 0.3) is 0 Å². The first-order valence-corrected chi connectivity index (χ1v) is 6.32. The summed E-state index contributed by atoms with van der Waals surface area (Å²) in [5, 5.41) is 0.709. The number of hydrogen-bond donors (Lipinski definition) is 0. The van der Waals surface area contributed by atoms with E-state index in [1.165, 1.54) is 5.56 Å². The molecule has 0 atom stereocenters. The standard InChI is InChI=1S/C14H17ClN2O/c1-10(2)11-4-12(15)6-14(5-11)18-8-13-7-16-9-17(13)3/h4-7,9-10H,8H2,1-3H3. The predicted octanol–water partition coefficient (Wildman–Crippen LogP) is 3.78. The summed E-state index contributed by atoms with van der Waals surface area (Å²) in [7, 11) is 1.95. The van der Waals surface area contributed by atoms with Gasteiger partial charge in [0, 0.05) is 12.1 Å². The Morgan fingerprint density at radius 2 is 2.11 bits per heavy atom. The fourth-order valence-corrected chi connectivity index (χ4v) is 1.92. The maximum Gasteiger partial charge on any atom is 0.130 e. The SMILES string of the molecule is CC(C)c1cc(Cl)cc(OCc2cncn2C)c1. The second-order valence-corrected chi connectivity index (χ2v) is 5.10. The zero-order chi connectivity index (χ0) is 13.1. The van der Waals surface area contributed by atoms with Gasteiger partial charge in [-0.2, -0.15) is 0 Å². The number of rotatable bonds is 4. The van der Waals surface area contributed by atoms with Crippen LogP contribution in [0.4, 0.5) is 0 Å². The van der Waals surface area contributed by atoms with Gasteiger partial charge >= 0.3 is 0 Å². The summed E-state index contributed by atoms with van der Waals surface area (Å²) in [5.41, 5.74) is 2.21. The van der Waals surface area contributed by atoms with Crippen molar-refractivity contribution >= 4 is 11.6 Å². The van der Waals surface area contributed by atoms with Crippen LogP contribution in [0.3, 0.4) is 0 Å². The molecular weight excluding hydrogens is 248 g/mol. The molecule has 1 heterocycles. The normalized spacial score (nSPS) is 10.9. The first-order chi connectivity index (χ1) is 8.56. The molecule has 3 nitrogen and oxygen atoms in total. The van der Waals surface area contributed by atoms with Crippen molar-refractivity contribution in [2.75, 3.05) is 0 Å². The molecule has 0 aliphatic rings. The van der Waals surface area contributed by atoms with Crippen LogP contribution in [0, 0.1) is 0 Å². The molecule has 0 unspecified atom stereocenters. The van der Waals surface area contributed by atoms with Gasteiger partial charge < -0.3 is 9.30 Å². The van der Waals surface area contributed by atoms with Gasteiger partial charge in [-0.25, -0.2) is 4.98 Å². The highest BCUT2D eigenvalue weighted by molar-refractivity contribution is 6.30. The molecule has 2 rings (SSSR count). The summed E-state index contributed by atoms with van der Waals surface area (Å²) in [4.78, 5) is 4.05. The molecule has 0 fully saturated rings. The highest BCUT2D eigenvalue weighted by Gasteiger charge is 2.05. The third-order valence-corrected chi connectivity index (χ3v) is 3.08. The number of aromatic nitrogens is 2. The minimum Gasteiger partial charge on any atom is -0.487 e. The monoisotopic (exact) mass is 264 g/mol. The van der Waals surface area contributed by atoms with Crippen molar-refractivity contribution in [3.8, 4) is 5.75 Å². The number of ether oxygens (including phenoxy) is 1. The van der Waals surface area contributed by atoms with Gasteiger partial charge in [-0.15, -0.1) is 0 Å². The minimum atomic E-state index is 0.433. The number of imidazole rings is 1. The molecule has 0 saturated carbocycles. The van der Waals surface area contributed by atoms with Crippen molar-refractivity contribution in [2.45, 2.75) is 26.4 Å². The Balaban J connectivity index is 2.12. The van der Waals surface area contributed by atoms with Crippen LogP contribution < -0.4 is 4.74 Å². The van der Waals surface area contributed by atoms with Gasteiger partial charge in [-0.3, -0.25) is 0 Å². The smallest absolute Gasteiger partial charge is 0.130 e. The quantitative estimate of drug-likeness (QED) is 0.840. The molecule has 0 saturated heterocycles. The second-order valence-electron chi connectivity index (χ2n) is 4.66. The van der Waals surface area contributed by atoms with E-state index in [0.717, 1.165) is 11.4 Å². The molecule has 96 valence electrons. The van der Waals surface area contributed by atoms with Gasteiger partial charge in [0.05, 0.1) is 18.2 Å². The summed E-state index contributed by atoms with van der Waals surface area (Å²) >= 11 is 6.09. The van der Waals surface area contributed by atoms with E-state index in [4.69, 9.17) is 16.3 Å². The van der Waals surface area contributed by atoms with Crippen molar-refractivity contribution in [3.63, 3.8) is 0 Å². The lowest BCUT2D eigenvalue weighted by molar-refractivity contribution is 0.296. The van der Waals surface area contributed by atoms with Gasteiger partial charge in [0.2, 0.25) is 0 Å². The molecule has 0 amide bonds. The Labute approximate surface area is 112 Å². The van der Waals surface area contributed by atoms with Crippen molar-refractivity contribution in [3.05, 3.63) is 47.0 Å². The second kappa shape index (κ2) is 5.44. The topological polar surface area (TPSA) is 27.1 Å². The summed E-state index contributed by atoms with van der Waals surface area (Å²) in [6.45, 7) is 4.77. The van der Waals surface area contributed by atoms with Gasteiger partial charge in [0.15, 0.2) is 0 Å². The summed E-state index contributed by atoms with van der Waals surface area (Å²) < 4.78 is 7.70. The first-order valence-electron chi connectivity index (χ1n) is 5.94. The van der Waals surface area contributed by atoms with Crippen molar-refractivity contribution in [2.24, 2.45) is 7.05 Å².